The molecule has 7 aromatic carbocycles. The highest BCUT2D eigenvalue weighted by Crippen LogP contribution is 2.46. The molecule has 0 spiro atoms. The summed E-state index contributed by atoms with van der Waals surface area (Å²) in [6.45, 7) is 0. The van der Waals surface area contributed by atoms with Gasteiger partial charge in [0.15, 0.2) is 0 Å². The van der Waals surface area contributed by atoms with Gasteiger partial charge in [-0.2, -0.15) is 0 Å². The van der Waals surface area contributed by atoms with Crippen LogP contribution in [0.1, 0.15) is 43.2 Å². The number of benzene rings is 7. The first-order valence-electron chi connectivity index (χ1n) is 16.3. The third-order valence-electron chi connectivity index (χ3n) is 9.93. The van der Waals surface area contributed by atoms with Crippen molar-refractivity contribution in [3.05, 3.63) is 175 Å². The molecule has 0 unspecified atom stereocenters. The number of fused-ring (bicyclic) bond motifs is 3. The van der Waals surface area contributed by atoms with Crippen LogP contribution in [0.5, 0.6) is 0 Å². The second kappa shape index (κ2) is 11.7. The van der Waals surface area contributed by atoms with Crippen molar-refractivity contribution >= 4 is 38.6 Å². The highest BCUT2D eigenvalue weighted by Gasteiger charge is 2.35. The molecule has 218 valence electrons. The fourth-order valence-electron chi connectivity index (χ4n) is 7.59. The van der Waals surface area contributed by atoms with Crippen LogP contribution in [0.3, 0.4) is 0 Å². The molecular weight excluding hydrogens is 542 g/mol. The quantitative estimate of drug-likeness (QED) is 0.177. The van der Waals surface area contributed by atoms with Crippen LogP contribution >= 0.6 is 0 Å². The van der Waals surface area contributed by atoms with E-state index < -0.39 is 0 Å². The maximum absolute atomic E-state index is 2.40. The van der Waals surface area contributed by atoms with E-state index in [1.165, 1.54) is 93.0 Å². The van der Waals surface area contributed by atoms with E-state index in [1.54, 1.807) is 0 Å². The van der Waals surface area contributed by atoms with Crippen molar-refractivity contribution in [2.75, 3.05) is 4.90 Å². The largest absolute Gasteiger partial charge is 0.311 e. The van der Waals surface area contributed by atoms with Crippen molar-refractivity contribution < 1.29 is 0 Å². The number of nitrogens with zero attached hydrogens (tertiary/aromatic N) is 1. The summed E-state index contributed by atoms with van der Waals surface area (Å²) in [7, 11) is 0. The molecule has 0 N–H and O–H groups in total. The molecule has 0 aromatic heterocycles. The van der Waals surface area contributed by atoms with Gasteiger partial charge < -0.3 is 4.90 Å². The Balaban J connectivity index is 1.15. The topological polar surface area (TPSA) is 3.24 Å². The van der Waals surface area contributed by atoms with Crippen molar-refractivity contribution in [1.82, 2.24) is 0 Å². The van der Waals surface area contributed by atoms with E-state index in [9.17, 15) is 0 Å². The molecule has 45 heavy (non-hydrogen) atoms. The van der Waals surface area contributed by atoms with E-state index in [0.717, 1.165) is 0 Å². The monoisotopic (exact) mass is 579 g/mol. The van der Waals surface area contributed by atoms with E-state index >= 15 is 0 Å². The lowest BCUT2D eigenvalue weighted by molar-refractivity contribution is 0.346. The Hall–Kier alpha value is -5.14. The third-order valence-corrected chi connectivity index (χ3v) is 9.93. The van der Waals surface area contributed by atoms with E-state index in [1.807, 2.05) is 0 Å². The van der Waals surface area contributed by atoms with Gasteiger partial charge in [0.2, 0.25) is 0 Å². The minimum absolute atomic E-state index is 0.0409. The lowest BCUT2D eigenvalue weighted by Gasteiger charge is -2.39. The molecule has 1 nitrogen and oxygen atoms in total. The summed E-state index contributed by atoms with van der Waals surface area (Å²) in [6, 6.07) is 60.3. The summed E-state index contributed by atoms with van der Waals surface area (Å²) in [5, 5.41) is 5.21. The van der Waals surface area contributed by atoms with E-state index in [0.29, 0.717) is 0 Å². The smallest absolute Gasteiger partial charge is 0.0461 e. The van der Waals surface area contributed by atoms with Crippen molar-refractivity contribution in [3.8, 4) is 11.1 Å². The summed E-state index contributed by atoms with van der Waals surface area (Å²) >= 11 is 0. The van der Waals surface area contributed by atoms with Gasteiger partial charge in [-0.05, 0) is 99.1 Å². The summed E-state index contributed by atoms with van der Waals surface area (Å²) in [5.74, 6) is 0. The van der Waals surface area contributed by atoms with Crippen LogP contribution in [0, 0.1) is 0 Å². The van der Waals surface area contributed by atoms with Gasteiger partial charge >= 0.3 is 0 Å². The van der Waals surface area contributed by atoms with Crippen LogP contribution < -0.4 is 4.90 Å². The second-order valence-electron chi connectivity index (χ2n) is 12.5. The summed E-state index contributed by atoms with van der Waals surface area (Å²) < 4.78 is 0. The number of hydrogen-bond acceptors (Lipinski definition) is 1. The Morgan fingerprint density at radius 2 is 0.867 bits per heavy atom. The van der Waals surface area contributed by atoms with Crippen molar-refractivity contribution in [3.63, 3.8) is 0 Å². The van der Waals surface area contributed by atoms with Gasteiger partial charge in [0.05, 0.1) is 0 Å². The predicted octanol–water partition coefficient (Wildman–Crippen LogP) is 12.4. The lowest BCUT2D eigenvalue weighted by atomic mass is 9.65. The predicted molar refractivity (Wildman–Crippen MR) is 192 cm³/mol. The summed E-state index contributed by atoms with van der Waals surface area (Å²) in [4.78, 5) is 2.35. The molecule has 0 saturated heterocycles. The molecule has 7 aromatic rings. The minimum atomic E-state index is 0.0409. The first-order valence-corrected chi connectivity index (χ1v) is 16.3. The normalized spacial score (nSPS) is 14.4. The van der Waals surface area contributed by atoms with Gasteiger partial charge in [-0.3, -0.25) is 0 Å². The molecule has 0 bridgehead atoms. The van der Waals surface area contributed by atoms with Crippen LogP contribution in [-0.2, 0) is 5.41 Å². The molecule has 0 heterocycles. The van der Waals surface area contributed by atoms with Gasteiger partial charge in [0.1, 0.15) is 0 Å². The summed E-state index contributed by atoms with van der Waals surface area (Å²) in [6.07, 6.45) is 6.23. The Kier molecular flexibility index (Phi) is 7.16. The van der Waals surface area contributed by atoms with E-state index in [-0.39, 0.29) is 5.41 Å². The standard InChI is InChI=1S/C44H37N/c1-4-13-39(14-5-1)45(40-15-6-2-7-16-40)41-28-26-38(27-29-41)44(30-10-3-11-31-44)37-24-22-33(23-25-37)36-21-20-35-19-18-34-12-8-9-17-42(34)43(35)32-36/h1-2,4-9,12-29,32H,3,10-11,30-31H2. The molecule has 0 radical (unpaired) electrons. The Morgan fingerprint density at radius 3 is 1.51 bits per heavy atom. The van der Waals surface area contributed by atoms with E-state index in [2.05, 4.69) is 169 Å². The van der Waals surface area contributed by atoms with E-state index in [4.69, 9.17) is 0 Å². The van der Waals surface area contributed by atoms with Gasteiger partial charge in [0.25, 0.3) is 0 Å². The molecule has 1 saturated carbocycles. The maximum Gasteiger partial charge on any atom is 0.0461 e. The highest BCUT2D eigenvalue weighted by molar-refractivity contribution is 6.08. The molecule has 1 heteroatoms. The molecule has 1 aliphatic carbocycles. The van der Waals surface area contributed by atoms with Crippen molar-refractivity contribution in [2.24, 2.45) is 0 Å². The molecule has 0 aliphatic heterocycles. The summed E-state index contributed by atoms with van der Waals surface area (Å²) in [5.41, 5.74) is 8.97. The van der Waals surface area contributed by atoms with Crippen molar-refractivity contribution in [1.29, 1.82) is 0 Å². The van der Waals surface area contributed by atoms with Crippen LogP contribution in [0.15, 0.2) is 164 Å². The van der Waals surface area contributed by atoms with Gasteiger partial charge in [0, 0.05) is 22.5 Å². The zero-order valence-corrected chi connectivity index (χ0v) is 25.6. The Morgan fingerprint density at radius 1 is 0.378 bits per heavy atom. The molecule has 8 rings (SSSR count). The fraction of sp³-hybridized carbons (Fsp3) is 0.136. The third kappa shape index (κ3) is 5.09. The SMILES string of the molecule is c1ccc(N(c2ccccc2)c2ccc(C3(c4ccc(-c5ccc6ccc7ccccc7c6c5)cc4)CCCCC3)cc2)cc1. The lowest BCUT2D eigenvalue weighted by Crippen LogP contribution is -2.30. The first-order chi connectivity index (χ1) is 22.3. The average Bonchev–Trinajstić information content (AvgIpc) is 3.13. The Labute approximate surface area is 266 Å². The molecule has 1 fully saturated rings. The number of rotatable bonds is 6. The first kappa shape index (κ1) is 27.4. The Bertz CT molecular complexity index is 2010. The van der Waals surface area contributed by atoms with Crippen LogP contribution in [0.4, 0.5) is 17.1 Å². The molecule has 0 atom stereocenters. The van der Waals surface area contributed by atoms with Gasteiger partial charge in [-0.25, -0.2) is 0 Å². The minimum Gasteiger partial charge on any atom is -0.311 e. The molecular formula is C44H37N. The van der Waals surface area contributed by atoms with Crippen LogP contribution in [-0.4, -0.2) is 0 Å². The maximum atomic E-state index is 2.40. The molecule has 0 amide bonds. The van der Waals surface area contributed by atoms with Crippen LogP contribution in [0.25, 0.3) is 32.7 Å². The second-order valence-corrected chi connectivity index (χ2v) is 12.5. The average molecular weight is 580 g/mol. The van der Waals surface area contributed by atoms with Crippen LogP contribution in [0.2, 0.25) is 0 Å². The zero-order valence-electron chi connectivity index (χ0n) is 25.6. The fourth-order valence-corrected chi connectivity index (χ4v) is 7.59. The zero-order chi connectivity index (χ0) is 30.1. The van der Waals surface area contributed by atoms with Gasteiger partial charge in [-0.1, -0.05) is 141 Å². The number of anilines is 3. The van der Waals surface area contributed by atoms with Gasteiger partial charge in [-0.15, -0.1) is 0 Å². The number of para-hydroxylation sites is 2. The molecule has 1 aliphatic rings. The van der Waals surface area contributed by atoms with Crippen molar-refractivity contribution in [2.45, 2.75) is 37.5 Å². The highest BCUT2D eigenvalue weighted by atomic mass is 15.1. The number of hydrogen-bond donors (Lipinski definition) is 0.